The molecule has 0 aliphatic carbocycles. The van der Waals surface area contributed by atoms with Crippen molar-refractivity contribution in [2.45, 2.75) is 13.8 Å². The van der Waals surface area contributed by atoms with Crippen molar-refractivity contribution in [3.8, 4) is 17.2 Å². The minimum Gasteiger partial charge on any atom is -0.463 e. The van der Waals surface area contributed by atoms with E-state index in [0.717, 1.165) is 0 Å². The van der Waals surface area contributed by atoms with Gasteiger partial charge in [0, 0.05) is 12.6 Å². The Labute approximate surface area is 159 Å². The van der Waals surface area contributed by atoms with Crippen molar-refractivity contribution in [1.82, 2.24) is 10.1 Å². The highest BCUT2D eigenvalue weighted by atomic mass is 16.5. The predicted octanol–water partition coefficient (Wildman–Crippen LogP) is 3.97. The molecule has 0 spiro atoms. The Kier molecular flexibility index (Phi) is 4.36. The summed E-state index contributed by atoms with van der Waals surface area (Å²) in [6.45, 7) is 3.14. The summed E-state index contributed by atoms with van der Waals surface area (Å²) in [7, 11) is 0. The van der Waals surface area contributed by atoms with Gasteiger partial charge in [0.25, 0.3) is 5.71 Å². The molecule has 0 saturated carbocycles. The molecule has 0 aliphatic heterocycles. The Balaban J connectivity index is 1.68. The smallest absolute Gasteiger partial charge is 0.344 e. The number of nitrogens with zero attached hydrogens (tertiary/aromatic N) is 2. The maximum atomic E-state index is 12.8. The SMILES string of the molecule is CC(=O)Nc1ccc(OC(=O)c2cc(-c3ccco3)nc3onc(C)c23)cc1. The molecule has 140 valence electrons. The highest BCUT2D eigenvalue weighted by molar-refractivity contribution is 6.05. The van der Waals surface area contributed by atoms with Crippen molar-refractivity contribution < 1.29 is 23.3 Å². The molecule has 4 rings (SSSR count). The van der Waals surface area contributed by atoms with E-state index < -0.39 is 5.97 Å². The normalized spacial score (nSPS) is 10.8. The van der Waals surface area contributed by atoms with E-state index in [0.29, 0.717) is 34.0 Å². The molecule has 0 aliphatic rings. The lowest BCUT2D eigenvalue weighted by Gasteiger charge is -2.08. The third-order valence-electron chi connectivity index (χ3n) is 4.00. The van der Waals surface area contributed by atoms with Crippen LogP contribution in [0.3, 0.4) is 0 Å². The number of nitrogens with one attached hydrogen (secondary N) is 1. The van der Waals surface area contributed by atoms with E-state index in [4.69, 9.17) is 13.7 Å². The van der Waals surface area contributed by atoms with Crippen LogP contribution >= 0.6 is 0 Å². The molecule has 0 unspecified atom stereocenters. The molecule has 0 atom stereocenters. The fourth-order valence-electron chi connectivity index (χ4n) is 2.78. The summed E-state index contributed by atoms with van der Waals surface area (Å²) in [6.07, 6.45) is 1.52. The molecule has 1 aromatic carbocycles. The summed E-state index contributed by atoms with van der Waals surface area (Å²) in [4.78, 5) is 28.3. The van der Waals surface area contributed by atoms with Gasteiger partial charge in [-0.15, -0.1) is 0 Å². The fraction of sp³-hybridized carbons (Fsp3) is 0.100. The molecule has 28 heavy (non-hydrogen) atoms. The number of esters is 1. The molecule has 0 saturated heterocycles. The number of fused-ring (bicyclic) bond motifs is 1. The minimum absolute atomic E-state index is 0.183. The lowest BCUT2D eigenvalue weighted by molar-refractivity contribution is -0.114. The van der Waals surface area contributed by atoms with E-state index in [9.17, 15) is 9.59 Å². The number of anilines is 1. The third-order valence-corrected chi connectivity index (χ3v) is 4.00. The summed E-state index contributed by atoms with van der Waals surface area (Å²) in [5.74, 6) is 0.0541. The topological polar surface area (TPSA) is 107 Å². The van der Waals surface area contributed by atoms with Crippen molar-refractivity contribution in [3.05, 3.63) is 60.0 Å². The van der Waals surface area contributed by atoms with Gasteiger partial charge in [-0.05, 0) is 49.4 Å². The molecule has 1 amide bonds. The molecular formula is C20H15N3O5. The van der Waals surface area contributed by atoms with Gasteiger partial charge in [-0.25, -0.2) is 9.78 Å². The summed E-state index contributed by atoms with van der Waals surface area (Å²) >= 11 is 0. The number of hydrogen-bond donors (Lipinski definition) is 1. The first-order chi connectivity index (χ1) is 13.5. The summed E-state index contributed by atoms with van der Waals surface area (Å²) in [5, 5.41) is 7.02. The van der Waals surface area contributed by atoms with Crippen LogP contribution in [-0.4, -0.2) is 22.0 Å². The number of furan rings is 1. The molecule has 8 nitrogen and oxygen atoms in total. The lowest BCUT2D eigenvalue weighted by atomic mass is 10.1. The van der Waals surface area contributed by atoms with Crippen molar-refractivity contribution in [1.29, 1.82) is 0 Å². The van der Waals surface area contributed by atoms with E-state index >= 15 is 0 Å². The number of benzene rings is 1. The van der Waals surface area contributed by atoms with Gasteiger partial charge in [0.1, 0.15) is 11.4 Å². The molecule has 0 radical (unpaired) electrons. The van der Waals surface area contributed by atoms with E-state index in [1.54, 1.807) is 49.4 Å². The largest absolute Gasteiger partial charge is 0.463 e. The third kappa shape index (κ3) is 3.35. The zero-order valence-electron chi connectivity index (χ0n) is 15.1. The first-order valence-corrected chi connectivity index (χ1v) is 8.42. The first kappa shape index (κ1) is 17.5. The maximum Gasteiger partial charge on any atom is 0.344 e. The van der Waals surface area contributed by atoms with Crippen molar-refractivity contribution in [3.63, 3.8) is 0 Å². The molecule has 4 aromatic rings. The molecule has 3 heterocycles. The Bertz CT molecular complexity index is 1160. The standard InChI is InChI=1S/C20H15N3O5/c1-11-18-15(10-16(17-4-3-9-26-17)22-19(18)28-23-11)20(25)27-14-7-5-13(6-8-14)21-12(2)24/h3-10H,1-2H3,(H,21,24). The number of hydrogen-bond acceptors (Lipinski definition) is 7. The van der Waals surface area contributed by atoms with Crippen LogP contribution in [0.2, 0.25) is 0 Å². The van der Waals surface area contributed by atoms with E-state index in [1.165, 1.54) is 13.2 Å². The Morgan fingerprint density at radius 2 is 1.93 bits per heavy atom. The molecule has 3 aromatic heterocycles. The molecule has 1 N–H and O–H groups in total. The van der Waals surface area contributed by atoms with Crippen LogP contribution in [0, 0.1) is 6.92 Å². The second-order valence-corrected chi connectivity index (χ2v) is 6.08. The van der Waals surface area contributed by atoms with Crippen LogP contribution in [0.4, 0.5) is 5.69 Å². The zero-order valence-corrected chi connectivity index (χ0v) is 15.1. The summed E-state index contributed by atoms with van der Waals surface area (Å²) in [5.41, 5.74) is 2.05. The highest BCUT2D eigenvalue weighted by Gasteiger charge is 2.21. The van der Waals surface area contributed by atoms with Crippen LogP contribution in [0.5, 0.6) is 5.75 Å². The van der Waals surface area contributed by atoms with Gasteiger partial charge in [0.2, 0.25) is 5.91 Å². The van der Waals surface area contributed by atoms with Crippen LogP contribution in [0.15, 0.2) is 57.7 Å². The monoisotopic (exact) mass is 377 g/mol. The van der Waals surface area contributed by atoms with Crippen LogP contribution < -0.4 is 10.1 Å². The zero-order chi connectivity index (χ0) is 19.7. The van der Waals surface area contributed by atoms with E-state index in [-0.39, 0.29) is 17.2 Å². The van der Waals surface area contributed by atoms with Gasteiger partial charge in [0.05, 0.1) is 22.9 Å². The molecular weight excluding hydrogens is 362 g/mol. The second-order valence-electron chi connectivity index (χ2n) is 6.08. The number of aryl methyl sites for hydroxylation is 1. The Hall–Kier alpha value is -3.94. The Morgan fingerprint density at radius 1 is 1.14 bits per heavy atom. The number of rotatable bonds is 4. The maximum absolute atomic E-state index is 12.8. The van der Waals surface area contributed by atoms with Crippen molar-refractivity contribution >= 4 is 28.7 Å². The van der Waals surface area contributed by atoms with Crippen LogP contribution in [-0.2, 0) is 4.79 Å². The van der Waals surface area contributed by atoms with Crippen molar-refractivity contribution in [2.75, 3.05) is 5.32 Å². The number of pyridine rings is 1. The summed E-state index contributed by atoms with van der Waals surface area (Å²) in [6, 6.07) is 11.5. The van der Waals surface area contributed by atoms with Crippen molar-refractivity contribution in [2.24, 2.45) is 0 Å². The fourth-order valence-corrected chi connectivity index (χ4v) is 2.78. The van der Waals surface area contributed by atoms with Gasteiger partial charge >= 0.3 is 5.97 Å². The average molecular weight is 377 g/mol. The van der Waals surface area contributed by atoms with Gasteiger partial charge in [-0.3, -0.25) is 4.79 Å². The van der Waals surface area contributed by atoms with Gasteiger partial charge < -0.3 is 19.0 Å². The van der Waals surface area contributed by atoms with E-state index in [2.05, 4.69) is 15.5 Å². The van der Waals surface area contributed by atoms with Gasteiger partial charge in [0.15, 0.2) is 5.76 Å². The molecule has 0 bridgehead atoms. The molecule has 8 heteroatoms. The quantitative estimate of drug-likeness (QED) is 0.423. The average Bonchev–Trinajstić information content (AvgIpc) is 3.32. The predicted molar refractivity (Wildman–Crippen MR) is 99.9 cm³/mol. The Morgan fingerprint density at radius 3 is 2.61 bits per heavy atom. The summed E-state index contributed by atoms with van der Waals surface area (Å²) < 4.78 is 16.1. The lowest BCUT2D eigenvalue weighted by Crippen LogP contribution is -2.10. The molecule has 0 fully saturated rings. The number of aromatic nitrogens is 2. The minimum atomic E-state index is -0.584. The highest BCUT2D eigenvalue weighted by Crippen LogP contribution is 2.28. The number of amides is 1. The number of ether oxygens (including phenoxy) is 1. The van der Waals surface area contributed by atoms with E-state index in [1.807, 2.05) is 0 Å². The van der Waals surface area contributed by atoms with Gasteiger partial charge in [-0.2, -0.15) is 0 Å². The van der Waals surface area contributed by atoms with Crippen LogP contribution in [0.25, 0.3) is 22.6 Å². The first-order valence-electron chi connectivity index (χ1n) is 8.42. The number of carbonyl (C=O) groups excluding carboxylic acids is 2. The second kappa shape index (κ2) is 6.99. The number of carbonyl (C=O) groups is 2. The van der Waals surface area contributed by atoms with Crippen LogP contribution in [0.1, 0.15) is 23.0 Å². The van der Waals surface area contributed by atoms with Gasteiger partial charge in [-0.1, -0.05) is 5.16 Å².